The van der Waals surface area contributed by atoms with Crippen molar-refractivity contribution in [3.05, 3.63) is 76.5 Å². The van der Waals surface area contributed by atoms with Gasteiger partial charge in [0.2, 0.25) is 0 Å². The van der Waals surface area contributed by atoms with Gasteiger partial charge in [-0.2, -0.15) is 0 Å². The standard InChI is InChI=1S/C26H28ClNO5/c1-6-11-32-26(31)19-8-10-22-20(13-19)16(4)17(5)28(22)14-18-7-9-21(27)23(12-18)33-24(15(2)3)25(29)30/h6-10,12-13,15,24H,1,11,14H2,2-5H3,(H,29,30)/t24-/m1/s1. The van der Waals surface area contributed by atoms with Crippen LogP contribution in [0.3, 0.4) is 0 Å². The third-order valence-corrected chi connectivity index (χ3v) is 5.96. The van der Waals surface area contributed by atoms with Crippen LogP contribution in [0.4, 0.5) is 0 Å². The SMILES string of the molecule is C=CCOC(=O)c1ccc2c(c1)c(C)c(C)n2Cc1ccc(Cl)c(O[C@@H](C(=O)O)C(C)C)c1. The second kappa shape index (κ2) is 10.1. The molecule has 0 fully saturated rings. The minimum absolute atomic E-state index is 0.163. The Morgan fingerprint density at radius 2 is 1.91 bits per heavy atom. The number of carboxylic acids is 1. The highest BCUT2D eigenvalue weighted by atomic mass is 35.5. The van der Waals surface area contributed by atoms with E-state index in [-0.39, 0.29) is 18.5 Å². The molecule has 3 rings (SSSR count). The highest BCUT2D eigenvalue weighted by Crippen LogP contribution is 2.31. The molecule has 1 aromatic heterocycles. The zero-order valence-corrected chi connectivity index (χ0v) is 20.0. The van der Waals surface area contributed by atoms with Crippen LogP contribution in [-0.2, 0) is 16.1 Å². The Bertz CT molecular complexity index is 1210. The second-order valence-corrected chi connectivity index (χ2v) is 8.71. The predicted octanol–water partition coefficient (Wildman–Crippen LogP) is 5.79. The summed E-state index contributed by atoms with van der Waals surface area (Å²) in [4.78, 5) is 23.8. The van der Waals surface area contributed by atoms with E-state index in [0.29, 0.717) is 22.9 Å². The van der Waals surface area contributed by atoms with Crippen LogP contribution in [0.2, 0.25) is 5.02 Å². The zero-order chi connectivity index (χ0) is 24.3. The fraction of sp³-hybridized carbons (Fsp3) is 0.308. The average molecular weight is 470 g/mol. The number of aliphatic carboxylic acids is 1. The Morgan fingerprint density at radius 3 is 2.55 bits per heavy atom. The Balaban J connectivity index is 1.95. The Hall–Kier alpha value is -3.25. The molecular formula is C26H28ClNO5. The normalized spacial score (nSPS) is 12.1. The molecule has 2 aromatic carbocycles. The van der Waals surface area contributed by atoms with Crippen molar-refractivity contribution in [1.29, 1.82) is 0 Å². The number of fused-ring (bicyclic) bond motifs is 1. The van der Waals surface area contributed by atoms with Crippen molar-refractivity contribution in [1.82, 2.24) is 4.57 Å². The molecule has 0 radical (unpaired) electrons. The van der Waals surface area contributed by atoms with Crippen LogP contribution in [0.5, 0.6) is 5.75 Å². The number of esters is 1. The van der Waals surface area contributed by atoms with Crippen molar-refractivity contribution < 1.29 is 24.2 Å². The Labute approximate surface area is 198 Å². The van der Waals surface area contributed by atoms with Crippen LogP contribution in [-0.4, -0.2) is 34.3 Å². The maximum Gasteiger partial charge on any atom is 0.345 e. The summed E-state index contributed by atoms with van der Waals surface area (Å²) in [5.41, 5.74) is 4.51. The van der Waals surface area contributed by atoms with Gasteiger partial charge in [-0.05, 0) is 55.3 Å². The molecule has 0 amide bonds. The molecule has 1 atom stereocenters. The minimum Gasteiger partial charge on any atom is -0.478 e. The molecular weight excluding hydrogens is 442 g/mol. The number of carbonyl (C=O) groups is 2. The largest absolute Gasteiger partial charge is 0.478 e. The van der Waals surface area contributed by atoms with Gasteiger partial charge in [-0.1, -0.05) is 44.2 Å². The molecule has 1 heterocycles. The molecule has 0 aliphatic rings. The van der Waals surface area contributed by atoms with E-state index < -0.39 is 12.1 Å². The van der Waals surface area contributed by atoms with Gasteiger partial charge in [-0.25, -0.2) is 9.59 Å². The van der Waals surface area contributed by atoms with Crippen molar-refractivity contribution in [2.75, 3.05) is 6.61 Å². The molecule has 0 bridgehead atoms. The van der Waals surface area contributed by atoms with E-state index in [1.165, 1.54) is 6.08 Å². The van der Waals surface area contributed by atoms with E-state index in [2.05, 4.69) is 11.1 Å². The van der Waals surface area contributed by atoms with Gasteiger partial charge in [0.15, 0.2) is 6.10 Å². The summed E-state index contributed by atoms with van der Waals surface area (Å²) < 4.78 is 13.0. The number of rotatable bonds is 9. The molecule has 0 unspecified atom stereocenters. The third-order valence-electron chi connectivity index (χ3n) is 5.65. The lowest BCUT2D eigenvalue weighted by Crippen LogP contribution is -2.32. The van der Waals surface area contributed by atoms with Gasteiger partial charge in [0.1, 0.15) is 12.4 Å². The minimum atomic E-state index is -1.03. The number of carboxylic acid groups (broad SMARTS) is 1. The fourth-order valence-corrected chi connectivity index (χ4v) is 3.89. The topological polar surface area (TPSA) is 77.8 Å². The van der Waals surface area contributed by atoms with Gasteiger partial charge in [-0.3, -0.25) is 0 Å². The van der Waals surface area contributed by atoms with Crippen molar-refractivity contribution in [2.24, 2.45) is 5.92 Å². The summed E-state index contributed by atoms with van der Waals surface area (Å²) in [6, 6.07) is 10.9. The Kier molecular flexibility index (Phi) is 7.49. The second-order valence-electron chi connectivity index (χ2n) is 8.30. The highest BCUT2D eigenvalue weighted by molar-refractivity contribution is 6.32. The quantitative estimate of drug-likeness (QED) is 0.317. The first-order chi connectivity index (χ1) is 15.6. The van der Waals surface area contributed by atoms with Crippen LogP contribution < -0.4 is 4.74 Å². The van der Waals surface area contributed by atoms with Gasteiger partial charge < -0.3 is 19.1 Å². The third kappa shape index (κ3) is 5.22. The number of hydrogen-bond acceptors (Lipinski definition) is 4. The van der Waals surface area contributed by atoms with Crippen LogP contribution >= 0.6 is 11.6 Å². The maximum absolute atomic E-state index is 12.2. The van der Waals surface area contributed by atoms with Crippen molar-refractivity contribution in [3.8, 4) is 5.75 Å². The first kappa shape index (κ1) is 24.4. The first-order valence-corrected chi connectivity index (χ1v) is 11.1. The molecule has 0 saturated carbocycles. The summed E-state index contributed by atoms with van der Waals surface area (Å²) in [5.74, 6) is -1.29. The maximum atomic E-state index is 12.2. The molecule has 0 spiro atoms. The van der Waals surface area contributed by atoms with E-state index in [0.717, 1.165) is 27.7 Å². The number of hydrogen-bond donors (Lipinski definition) is 1. The molecule has 6 nitrogen and oxygen atoms in total. The molecule has 0 aliphatic carbocycles. The molecule has 174 valence electrons. The van der Waals surface area contributed by atoms with Crippen LogP contribution in [0, 0.1) is 19.8 Å². The van der Waals surface area contributed by atoms with E-state index in [4.69, 9.17) is 21.1 Å². The molecule has 3 aromatic rings. The van der Waals surface area contributed by atoms with Gasteiger partial charge in [0, 0.05) is 29.1 Å². The summed E-state index contributed by atoms with van der Waals surface area (Å²) >= 11 is 6.29. The number of aromatic nitrogens is 1. The lowest BCUT2D eigenvalue weighted by atomic mass is 10.1. The van der Waals surface area contributed by atoms with Crippen molar-refractivity contribution in [2.45, 2.75) is 40.3 Å². The fourth-order valence-electron chi connectivity index (χ4n) is 3.73. The number of halogens is 1. The predicted molar refractivity (Wildman–Crippen MR) is 129 cm³/mol. The van der Waals surface area contributed by atoms with E-state index >= 15 is 0 Å². The smallest absolute Gasteiger partial charge is 0.345 e. The average Bonchev–Trinajstić information content (AvgIpc) is 3.01. The Morgan fingerprint density at radius 1 is 1.18 bits per heavy atom. The number of aryl methyl sites for hydroxylation is 1. The number of nitrogens with zero attached hydrogens (tertiary/aromatic N) is 1. The van der Waals surface area contributed by atoms with Crippen LogP contribution in [0.15, 0.2) is 49.1 Å². The summed E-state index contributed by atoms with van der Waals surface area (Å²) in [7, 11) is 0. The van der Waals surface area contributed by atoms with Gasteiger partial charge in [0.25, 0.3) is 0 Å². The van der Waals surface area contributed by atoms with E-state index in [9.17, 15) is 14.7 Å². The molecule has 7 heteroatoms. The van der Waals surface area contributed by atoms with Crippen LogP contribution in [0.25, 0.3) is 10.9 Å². The van der Waals surface area contributed by atoms with Gasteiger partial charge in [0.05, 0.1) is 10.6 Å². The molecule has 0 saturated heterocycles. The summed E-state index contributed by atoms with van der Waals surface area (Å²) in [5, 5.41) is 10.8. The van der Waals surface area contributed by atoms with Crippen LogP contribution in [0.1, 0.15) is 41.0 Å². The van der Waals surface area contributed by atoms with Crippen molar-refractivity contribution >= 4 is 34.4 Å². The van der Waals surface area contributed by atoms with E-state index in [1.54, 1.807) is 32.0 Å². The zero-order valence-electron chi connectivity index (χ0n) is 19.2. The molecule has 33 heavy (non-hydrogen) atoms. The summed E-state index contributed by atoms with van der Waals surface area (Å²) in [6.45, 7) is 11.9. The summed E-state index contributed by atoms with van der Waals surface area (Å²) in [6.07, 6.45) is 0.542. The van der Waals surface area contributed by atoms with E-state index in [1.807, 2.05) is 32.0 Å². The number of ether oxygens (including phenoxy) is 2. The van der Waals surface area contributed by atoms with Gasteiger partial charge in [-0.15, -0.1) is 0 Å². The molecule has 0 aliphatic heterocycles. The van der Waals surface area contributed by atoms with Crippen molar-refractivity contribution in [3.63, 3.8) is 0 Å². The van der Waals surface area contributed by atoms with Gasteiger partial charge >= 0.3 is 11.9 Å². The first-order valence-electron chi connectivity index (χ1n) is 10.7. The number of benzene rings is 2. The highest BCUT2D eigenvalue weighted by Gasteiger charge is 2.24. The lowest BCUT2D eigenvalue weighted by molar-refractivity contribution is -0.147. The lowest BCUT2D eigenvalue weighted by Gasteiger charge is -2.20. The molecule has 1 N–H and O–H groups in total. The number of carbonyl (C=O) groups excluding carboxylic acids is 1. The monoisotopic (exact) mass is 469 g/mol.